The van der Waals surface area contributed by atoms with Gasteiger partial charge in [0, 0.05) is 17.0 Å². The van der Waals surface area contributed by atoms with Gasteiger partial charge in [0.1, 0.15) is 17.2 Å². The fraction of sp³-hybridized carbons (Fsp3) is 0.560. The van der Waals surface area contributed by atoms with Crippen LogP contribution in [0.4, 0.5) is 4.79 Å². The second-order valence-corrected chi connectivity index (χ2v) is 10.3. The van der Waals surface area contributed by atoms with Crippen LogP contribution in [0.2, 0.25) is 5.02 Å². The van der Waals surface area contributed by atoms with Crippen LogP contribution in [0.5, 0.6) is 5.75 Å². The summed E-state index contributed by atoms with van der Waals surface area (Å²) in [5.74, 6) is -0.262. The minimum atomic E-state index is -0.912. The van der Waals surface area contributed by atoms with Crippen molar-refractivity contribution in [1.29, 1.82) is 0 Å². The first kappa shape index (κ1) is 25.1. The van der Waals surface area contributed by atoms with Crippen LogP contribution in [0.15, 0.2) is 21.3 Å². The monoisotopic (exact) mass is 477 g/mol. The summed E-state index contributed by atoms with van der Waals surface area (Å²) in [7, 11) is 0. The van der Waals surface area contributed by atoms with E-state index in [1.807, 2.05) is 13.8 Å². The van der Waals surface area contributed by atoms with Crippen molar-refractivity contribution in [1.82, 2.24) is 5.32 Å². The molecule has 0 fully saturated rings. The molecule has 1 N–H and O–H groups in total. The number of esters is 1. The molecule has 1 aromatic heterocycles. The van der Waals surface area contributed by atoms with Gasteiger partial charge >= 0.3 is 17.7 Å². The molecule has 1 heterocycles. The van der Waals surface area contributed by atoms with Crippen LogP contribution in [0.1, 0.15) is 71.4 Å². The third kappa shape index (κ3) is 6.50. The molecule has 0 saturated heterocycles. The first-order chi connectivity index (χ1) is 15.4. The van der Waals surface area contributed by atoms with Gasteiger partial charge in [0.05, 0.1) is 5.02 Å². The molecule has 0 bridgehead atoms. The number of fused-ring (bicyclic) bond motifs is 3. The predicted molar refractivity (Wildman–Crippen MR) is 127 cm³/mol. The Morgan fingerprint density at radius 2 is 1.79 bits per heavy atom. The quantitative estimate of drug-likeness (QED) is 0.332. The van der Waals surface area contributed by atoms with Gasteiger partial charge in [-0.05, 0) is 76.8 Å². The zero-order chi connectivity index (χ0) is 24.3. The lowest BCUT2D eigenvalue weighted by Crippen LogP contribution is -2.45. The Kier molecular flexibility index (Phi) is 7.73. The Labute approximate surface area is 198 Å². The lowest BCUT2D eigenvalue weighted by molar-refractivity contribution is -0.137. The molecule has 1 aliphatic carbocycles. The number of benzene rings is 1. The molecule has 1 atom stereocenters. The van der Waals surface area contributed by atoms with Crippen molar-refractivity contribution < 1.29 is 23.5 Å². The smallest absolute Gasteiger partial charge is 0.408 e. The van der Waals surface area contributed by atoms with Gasteiger partial charge in [0.2, 0.25) is 0 Å². The molecule has 33 heavy (non-hydrogen) atoms. The third-order valence-corrected chi connectivity index (χ3v) is 5.79. The molecule has 1 amide bonds. The minimum Gasteiger partial charge on any atom is -0.444 e. The molecular weight excluding hydrogens is 446 g/mol. The second-order valence-electron chi connectivity index (χ2n) is 9.92. The van der Waals surface area contributed by atoms with Crippen molar-refractivity contribution in [3.63, 3.8) is 0 Å². The van der Waals surface area contributed by atoms with Crippen molar-refractivity contribution in [3.05, 3.63) is 38.7 Å². The molecule has 0 unspecified atom stereocenters. The number of hydrogen-bond acceptors (Lipinski definition) is 6. The molecule has 0 saturated carbocycles. The van der Waals surface area contributed by atoms with Crippen LogP contribution >= 0.6 is 11.6 Å². The zero-order valence-corrected chi connectivity index (χ0v) is 20.6. The largest absolute Gasteiger partial charge is 0.444 e. The molecule has 0 spiro atoms. The molecular formula is C25H32ClNO6. The summed E-state index contributed by atoms with van der Waals surface area (Å²) < 4.78 is 16.3. The Bertz CT molecular complexity index is 1100. The number of alkyl carbamates (subject to hydrolysis) is 1. The summed E-state index contributed by atoms with van der Waals surface area (Å²) in [4.78, 5) is 37.7. The molecule has 180 valence electrons. The van der Waals surface area contributed by atoms with E-state index >= 15 is 0 Å². The van der Waals surface area contributed by atoms with Crippen molar-refractivity contribution >= 4 is 34.6 Å². The highest BCUT2D eigenvalue weighted by Gasteiger charge is 2.27. The number of halogens is 1. The van der Waals surface area contributed by atoms with Crippen LogP contribution in [-0.4, -0.2) is 23.7 Å². The number of hydrogen-bond donors (Lipinski definition) is 1. The third-order valence-electron chi connectivity index (χ3n) is 5.49. The Morgan fingerprint density at radius 1 is 1.12 bits per heavy atom. The lowest BCUT2D eigenvalue weighted by atomic mass is 9.90. The number of rotatable bonds is 6. The van der Waals surface area contributed by atoms with Gasteiger partial charge < -0.3 is 19.2 Å². The molecule has 2 aromatic rings. The maximum atomic E-state index is 13.0. The summed E-state index contributed by atoms with van der Waals surface area (Å²) in [6.45, 7) is 9.29. The highest BCUT2D eigenvalue weighted by Crippen LogP contribution is 2.34. The highest BCUT2D eigenvalue weighted by atomic mass is 35.5. The maximum Gasteiger partial charge on any atom is 0.408 e. The van der Waals surface area contributed by atoms with E-state index in [-0.39, 0.29) is 16.4 Å². The molecule has 7 nitrogen and oxygen atoms in total. The molecule has 1 aliphatic rings. The summed E-state index contributed by atoms with van der Waals surface area (Å²) in [6, 6.07) is 2.24. The molecule has 1 aromatic carbocycles. The van der Waals surface area contributed by atoms with E-state index < -0.39 is 23.7 Å². The Balaban J connectivity index is 1.86. The lowest BCUT2D eigenvalue weighted by Gasteiger charge is -2.23. The number of ether oxygens (including phenoxy) is 2. The second kappa shape index (κ2) is 10.2. The summed E-state index contributed by atoms with van der Waals surface area (Å²) >= 11 is 6.45. The Hall–Kier alpha value is -2.54. The van der Waals surface area contributed by atoms with E-state index in [2.05, 4.69) is 5.32 Å². The van der Waals surface area contributed by atoms with Gasteiger partial charge in [0.15, 0.2) is 5.75 Å². The van der Waals surface area contributed by atoms with E-state index in [0.29, 0.717) is 36.3 Å². The number of amides is 1. The first-order valence-electron chi connectivity index (χ1n) is 11.4. The average Bonchev–Trinajstić information content (AvgIpc) is 2.71. The van der Waals surface area contributed by atoms with Crippen LogP contribution in [-0.2, 0) is 22.4 Å². The number of carbonyl (C=O) groups excluding carboxylic acids is 2. The first-order valence-corrected chi connectivity index (χ1v) is 11.8. The van der Waals surface area contributed by atoms with Gasteiger partial charge in [-0.2, -0.15) is 0 Å². The summed E-state index contributed by atoms with van der Waals surface area (Å²) in [5.41, 5.74) is 0.915. The van der Waals surface area contributed by atoms with Crippen molar-refractivity contribution in [3.8, 4) is 5.75 Å². The average molecular weight is 478 g/mol. The number of carbonyl (C=O) groups is 2. The van der Waals surface area contributed by atoms with Gasteiger partial charge in [-0.1, -0.05) is 25.4 Å². The van der Waals surface area contributed by atoms with Gasteiger partial charge in [-0.15, -0.1) is 0 Å². The normalized spacial score (nSPS) is 14.6. The summed E-state index contributed by atoms with van der Waals surface area (Å²) in [6.07, 6.45) is 3.80. The fourth-order valence-corrected chi connectivity index (χ4v) is 4.10. The molecule has 3 rings (SSSR count). The van der Waals surface area contributed by atoms with Gasteiger partial charge in [-0.25, -0.2) is 14.4 Å². The Morgan fingerprint density at radius 3 is 2.42 bits per heavy atom. The minimum absolute atomic E-state index is 0.0774. The van der Waals surface area contributed by atoms with E-state index in [1.54, 1.807) is 26.8 Å². The predicted octanol–water partition coefficient (Wildman–Crippen LogP) is 5.56. The number of nitrogens with one attached hydrogen (secondary N) is 1. The van der Waals surface area contributed by atoms with Gasteiger partial charge in [-0.3, -0.25) is 0 Å². The standard InChI is InChI=1S/C25H32ClNO6/c1-14(2)10-11-19(27-24(30)33-25(3,4)5)23(29)32-21-13-20-17(12-18(21)26)15-8-6-7-9-16(15)22(28)31-20/h12-14,19H,6-11H2,1-5H3,(H,27,30)/t19-/m1/s1. The molecule has 0 radical (unpaired) electrons. The van der Waals surface area contributed by atoms with Crippen LogP contribution in [0, 0.1) is 5.92 Å². The van der Waals surface area contributed by atoms with Crippen molar-refractivity contribution in [2.75, 3.05) is 0 Å². The molecule has 8 heteroatoms. The SMILES string of the molecule is CC(C)CC[C@@H](NC(=O)OC(C)(C)C)C(=O)Oc1cc2oc(=O)c3c(c2cc1Cl)CCCC3. The van der Waals surface area contributed by atoms with Gasteiger partial charge in [0.25, 0.3) is 0 Å². The van der Waals surface area contributed by atoms with E-state index in [0.717, 1.165) is 30.2 Å². The fourth-order valence-electron chi connectivity index (χ4n) is 3.90. The van der Waals surface area contributed by atoms with Crippen molar-refractivity contribution in [2.24, 2.45) is 5.92 Å². The molecule has 0 aliphatic heterocycles. The van der Waals surface area contributed by atoms with Crippen LogP contribution in [0.3, 0.4) is 0 Å². The number of aryl methyl sites for hydroxylation is 1. The maximum absolute atomic E-state index is 13.0. The van der Waals surface area contributed by atoms with Crippen molar-refractivity contribution in [2.45, 2.75) is 84.8 Å². The van der Waals surface area contributed by atoms with E-state index in [1.165, 1.54) is 6.07 Å². The summed E-state index contributed by atoms with van der Waals surface area (Å²) in [5, 5.41) is 3.60. The highest BCUT2D eigenvalue weighted by molar-refractivity contribution is 6.33. The van der Waals surface area contributed by atoms with Crippen LogP contribution < -0.4 is 15.7 Å². The zero-order valence-electron chi connectivity index (χ0n) is 19.9. The van der Waals surface area contributed by atoms with Crippen LogP contribution in [0.25, 0.3) is 11.0 Å². The van der Waals surface area contributed by atoms with E-state index in [4.69, 9.17) is 25.5 Å². The topological polar surface area (TPSA) is 94.8 Å². The van der Waals surface area contributed by atoms with E-state index in [9.17, 15) is 14.4 Å².